The number of nitrogens with one attached hydrogen (secondary N) is 1. The van der Waals surface area contributed by atoms with Crippen LogP contribution in [0.4, 0.5) is 11.4 Å². The van der Waals surface area contributed by atoms with Gasteiger partial charge in [0.1, 0.15) is 22.4 Å². The molecule has 0 radical (unpaired) electrons. The van der Waals surface area contributed by atoms with Gasteiger partial charge in [0.15, 0.2) is 5.69 Å². The summed E-state index contributed by atoms with van der Waals surface area (Å²) in [6.45, 7) is 0. The Balaban J connectivity index is 1.86. The molecule has 3 amide bonds. The zero-order valence-corrected chi connectivity index (χ0v) is 20.5. The summed E-state index contributed by atoms with van der Waals surface area (Å²) in [6.07, 6.45) is 3.73. The van der Waals surface area contributed by atoms with Crippen LogP contribution in [0.2, 0.25) is 0 Å². The maximum atomic E-state index is 14.0. The van der Waals surface area contributed by atoms with Gasteiger partial charge in [-0.1, -0.05) is 31.0 Å². The van der Waals surface area contributed by atoms with Gasteiger partial charge in [0, 0.05) is 17.8 Å². The van der Waals surface area contributed by atoms with Gasteiger partial charge in [0.2, 0.25) is 5.91 Å². The van der Waals surface area contributed by atoms with Crippen LogP contribution in [0.5, 0.6) is 11.5 Å². The van der Waals surface area contributed by atoms with Gasteiger partial charge in [-0.2, -0.15) is 4.37 Å². The minimum Gasteiger partial charge on any atom is -0.508 e. The highest BCUT2D eigenvalue weighted by atomic mass is 32.1. The number of ether oxygens (including phenoxy) is 1. The number of carbonyl (C=O) groups is 3. The summed E-state index contributed by atoms with van der Waals surface area (Å²) < 4.78 is 9.31. The molecule has 36 heavy (non-hydrogen) atoms. The molecule has 1 aliphatic carbocycles. The number of methoxy groups -OCH3 is 1. The van der Waals surface area contributed by atoms with Crippen LogP contribution in [0.3, 0.4) is 0 Å². The van der Waals surface area contributed by atoms with Gasteiger partial charge in [-0.3, -0.25) is 19.3 Å². The van der Waals surface area contributed by atoms with Crippen molar-refractivity contribution in [2.75, 3.05) is 17.7 Å². The molecule has 1 heterocycles. The van der Waals surface area contributed by atoms with E-state index in [-0.39, 0.29) is 34.0 Å². The van der Waals surface area contributed by atoms with Gasteiger partial charge >= 0.3 is 0 Å². The largest absolute Gasteiger partial charge is 0.508 e. The third-order valence-electron chi connectivity index (χ3n) is 6.12. The van der Waals surface area contributed by atoms with E-state index in [4.69, 9.17) is 16.2 Å². The van der Waals surface area contributed by atoms with Crippen LogP contribution in [0.1, 0.15) is 57.4 Å². The molecule has 1 fully saturated rings. The highest BCUT2D eigenvalue weighted by Gasteiger charge is 2.37. The maximum absolute atomic E-state index is 14.0. The predicted octanol–water partition coefficient (Wildman–Crippen LogP) is 2.99. The topological polar surface area (TPSA) is 161 Å². The third kappa shape index (κ3) is 5.10. The number of phenolic OH excluding ortho intramolecular Hbond substituents is 1. The molecule has 0 spiro atoms. The Morgan fingerprint density at radius 3 is 2.47 bits per heavy atom. The molecule has 1 aliphatic rings. The number of nitrogen functional groups attached to an aromatic ring is 1. The van der Waals surface area contributed by atoms with E-state index in [9.17, 15) is 19.5 Å². The van der Waals surface area contributed by atoms with Crippen LogP contribution in [-0.4, -0.2) is 40.4 Å². The Morgan fingerprint density at radius 1 is 1.17 bits per heavy atom. The van der Waals surface area contributed by atoms with E-state index in [1.165, 1.54) is 24.1 Å². The number of amides is 3. The number of anilines is 2. The number of rotatable bonds is 8. The van der Waals surface area contributed by atoms with Crippen molar-refractivity contribution >= 4 is 40.6 Å². The van der Waals surface area contributed by atoms with E-state index < -0.39 is 17.9 Å². The van der Waals surface area contributed by atoms with Crippen molar-refractivity contribution in [2.24, 2.45) is 5.73 Å². The second kappa shape index (κ2) is 10.6. The summed E-state index contributed by atoms with van der Waals surface area (Å²) in [5, 5.41) is 12.9. The SMILES string of the molecule is COc1cccc(N(C(=O)c2snc(C(N)=O)c2N)C(C(=O)NC2CCCC2)c2ccc(O)cc2)c1. The first-order chi connectivity index (χ1) is 17.3. The normalized spacial score (nSPS) is 14.2. The Kier molecular flexibility index (Phi) is 7.39. The molecule has 0 aliphatic heterocycles. The number of nitrogens with zero attached hydrogens (tertiary/aromatic N) is 2. The number of aromatic hydroxyl groups is 1. The minimum atomic E-state index is -1.12. The molecule has 188 valence electrons. The third-order valence-corrected chi connectivity index (χ3v) is 6.97. The monoisotopic (exact) mass is 509 g/mol. The highest BCUT2D eigenvalue weighted by Crippen LogP contribution is 2.35. The average Bonchev–Trinajstić information content (AvgIpc) is 3.52. The van der Waals surface area contributed by atoms with Gasteiger partial charge in [0.05, 0.1) is 12.8 Å². The van der Waals surface area contributed by atoms with Crippen molar-refractivity contribution < 1.29 is 24.2 Å². The second-order valence-corrected chi connectivity index (χ2v) is 9.27. The van der Waals surface area contributed by atoms with Crippen LogP contribution in [0, 0.1) is 0 Å². The number of nitrogens with two attached hydrogens (primary N) is 2. The molecule has 6 N–H and O–H groups in total. The Morgan fingerprint density at radius 2 is 1.86 bits per heavy atom. The van der Waals surface area contributed by atoms with E-state index >= 15 is 0 Å². The standard InChI is InChI=1S/C25H27N5O5S/c1-35-18-8-4-7-16(13-18)30(25(34)22-19(26)20(23(27)32)29-36-22)21(14-9-11-17(31)12-10-14)24(33)28-15-5-2-3-6-15/h4,7-13,15,21,31H,2-3,5-6,26H2,1H3,(H2,27,32)(H,28,33). The van der Waals surface area contributed by atoms with Crippen molar-refractivity contribution in [2.45, 2.75) is 37.8 Å². The molecular weight excluding hydrogens is 482 g/mol. The van der Waals surface area contributed by atoms with Crippen LogP contribution in [0.25, 0.3) is 0 Å². The van der Waals surface area contributed by atoms with Crippen molar-refractivity contribution in [3.8, 4) is 11.5 Å². The molecule has 3 aromatic rings. The zero-order valence-electron chi connectivity index (χ0n) is 19.6. The summed E-state index contributed by atoms with van der Waals surface area (Å²) in [7, 11) is 1.50. The molecule has 10 nitrogen and oxygen atoms in total. The molecule has 4 rings (SSSR count). The highest BCUT2D eigenvalue weighted by molar-refractivity contribution is 7.09. The molecule has 1 aromatic heterocycles. The molecule has 1 saturated carbocycles. The summed E-state index contributed by atoms with van der Waals surface area (Å²) in [6, 6.07) is 11.6. The Bertz CT molecular complexity index is 1270. The molecule has 0 saturated heterocycles. The zero-order chi connectivity index (χ0) is 25.8. The fraction of sp³-hybridized carbons (Fsp3) is 0.280. The molecule has 1 atom stereocenters. The maximum Gasteiger partial charge on any atom is 0.273 e. The first kappa shape index (κ1) is 25.0. The summed E-state index contributed by atoms with van der Waals surface area (Å²) in [5.41, 5.74) is 11.9. The lowest BCUT2D eigenvalue weighted by atomic mass is 10.0. The summed E-state index contributed by atoms with van der Waals surface area (Å²) in [5.74, 6) is -1.39. The van der Waals surface area contributed by atoms with Gasteiger partial charge in [-0.05, 0) is 54.2 Å². The summed E-state index contributed by atoms with van der Waals surface area (Å²) >= 11 is 0.735. The first-order valence-electron chi connectivity index (χ1n) is 11.4. The fourth-order valence-electron chi connectivity index (χ4n) is 4.31. The quantitative estimate of drug-likeness (QED) is 0.363. The van der Waals surface area contributed by atoms with Crippen LogP contribution >= 0.6 is 11.5 Å². The Hall–Kier alpha value is -4.12. The van der Waals surface area contributed by atoms with Crippen LogP contribution < -0.4 is 26.4 Å². The number of phenols is 1. The number of carbonyl (C=O) groups excluding carboxylic acids is 3. The van der Waals surface area contributed by atoms with Crippen molar-refractivity contribution in [1.82, 2.24) is 9.69 Å². The van der Waals surface area contributed by atoms with Gasteiger partial charge in [0.25, 0.3) is 11.8 Å². The second-order valence-electron chi connectivity index (χ2n) is 8.50. The van der Waals surface area contributed by atoms with E-state index in [1.54, 1.807) is 36.4 Å². The van der Waals surface area contributed by atoms with Crippen LogP contribution in [0.15, 0.2) is 48.5 Å². The number of hydrogen-bond donors (Lipinski definition) is 4. The van der Waals surface area contributed by atoms with Gasteiger partial charge in [-0.25, -0.2) is 0 Å². The average molecular weight is 510 g/mol. The van der Waals surface area contributed by atoms with Gasteiger partial charge in [-0.15, -0.1) is 0 Å². The molecular formula is C25H27N5O5S. The molecule has 1 unspecified atom stereocenters. The summed E-state index contributed by atoms with van der Waals surface area (Å²) in [4.78, 5) is 40.8. The number of benzene rings is 2. The van der Waals surface area contributed by atoms with E-state index in [2.05, 4.69) is 9.69 Å². The predicted molar refractivity (Wildman–Crippen MR) is 136 cm³/mol. The van der Waals surface area contributed by atoms with Gasteiger partial charge < -0.3 is 26.6 Å². The molecule has 2 aromatic carbocycles. The number of primary amides is 1. The van der Waals surface area contributed by atoms with E-state index in [0.717, 1.165) is 37.2 Å². The lowest BCUT2D eigenvalue weighted by Gasteiger charge is -2.32. The van der Waals surface area contributed by atoms with E-state index in [1.807, 2.05) is 0 Å². The Labute approximate surface area is 212 Å². The van der Waals surface area contributed by atoms with Crippen molar-refractivity contribution in [1.29, 1.82) is 0 Å². The van der Waals surface area contributed by atoms with Crippen LogP contribution in [-0.2, 0) is 4.79 Å². The van der Waals surface area contributed by atoms with E-state index in [0.29, 0.717) is 17.0 Å². The molecule has 0 bridgehead atoms. The number of aromatic nitrogens is 1. The van der Waals surface area contributed by atoms with Crippen molar-refractivity contribution in [3.05, 3.63) is 64.7 Å². The minimum absolute atomic E-state index is 0.00526. The smallest absolute Gasteiger partial charge is 0.273 e. The molecule has 11 heteroatoms. The first-order valence-corrected chi connectivity index (χ1v) is 12.2. The lowest BCUT2D eigenvalue weighted by molar-refractivity contribution is -0.123. The lowest BCUT2D eigenvalue weighted by Crippen LogP contribution is -2.46. The fourth-order valence-corrected chi connectivity index (χ4v) is 5.05. The van der Waals surface area contributed by atoms with Crippen molar-refractivity contribution in [3.63, 3.8) is 0 Å². The number of hydrogen-bond acceptors (Lipinski definition) is 8.